The van der Waals surface area contributed by atoms with E-state index in [0.717, 1.165) is 0 Å². The van der Waals surface area contributed by atoms with Gasteiger partial charge in [-0.2, -0.15) is 0 Å². The van der Waals surface area contributed by atoms with Crippen LogP contribution in [-0.4, -0.2) is 25.0 Å². The molecule has 0 aliphatic carbocycles. The average Bonchev–Trinajstić information content (AvgIpc) is 2.46. The van der Waals surface area contributed by atoms with E-state index in [-0.39, 0.29) is 5.91 Å². The Labute approximate surface area is 111 Å². The fourth-order valence-electron chi connectivity index (χ4n) is 1.71. The molecule has 0 aliphatic rings. The summed E-state index contributed by atoms with van der Waals surface area (Å²) in [6.07, 6.45) is 1.64. The summed E-state index contributed by atoms with van der Waals surface area (Å²) < 4.78 is 5.10. The maximum atomic E-state index is 12.3. The van der Waals surface area contributed by atoms with Gasteiger partial charge in [-0.15, -0.1) is 0 Å². The lowest BCUT2D eigenvalue weighted by Crippen LogP contribution is -2.27. The summed E-state index contributed by atoms with van der Waals surface area (Å²) in [5.74, 6) is 0.941. The summed E-state index contributed by atoms with van der Waals surface area (Å²) in [5, 5.41) is 0. The predicted octanol–water partition coefficient (Wildman–Crippen LogP) is 1.95. The van der Waals surface area contributed by atoms with E-state index >= 15 is 0 Å². The van der Waals surface area contributed by atoms with Crippen molar-refractivity contribution in [2.75, 3.05) is 24.8 Å². The van der Waals surface area contributed by atoms with Crippen LogP contribution in [0.3, 0.4) is 0 Å². The number of carbonyl (C=O) groups is 1. The molecule has 0 radical (unpaired) electrons. The van der Waals surface area contributed by atoms with Crippen LogP contribution in [0.15, 0.2) is 42.6 Å². The van der Waals surface area contributed by atoms with Crippen molar-refractivity contribution in [3.63, 3.8) is 0 Å². The van der Waals surface area contributed by atoms with Gasteiger partial charge in [0.2, 0.25) is 0 Å². The molecule has 5 nitrogen and oxygen atoms in total. The summed E-state index contributed by atoms with van der Waals surface area (Å²) in [7, 11) is 3.20. The second-order valence-electron chi connectivity index (χ2n) is 4.05. The number of nitrogen functional groups attached to an aromatic ring is 1. The first-order chi connectivity index (χ1) is 9.11. The highest BCUT2D eigenvalue weighted by Gasteiger charge is 2.15. The van der Waals surface area contributed by atoms with E-state index in [9.17, 15) is 4.79 Å². The first-order valence-electron chi connectivity index (χ1n) is 5.75. The monoisotopic (exact) mass is 257 g/mol. The highest BCUT2D eigenvalue weighted by molar-refractivity contribution is 6.05. The molecule has 19 heavy (non-hydrogen) atoms. The molecule has 1 aromatic carbocycles. The van der Waals surface area contributed by atoms with Crippen molar-refractivity contribution in [2.24, 2.45) is 0 Å². The Morgan fingerprint density at radius 2 is 2.11 bits per heavy atom. The van der Waals surface area contributed by atoms with Crippen LogP contribution in [0.2, 0.25) is 0 Å². The molecular weight excluding hydrogens is 242 g/mol. The molecule has 0 atom stereocenters. The minimum absolute atomic E-state index is 0.190. The van der Waals surface area contributed by atoms with Crippen molar-refractivity contribution < 1.29 is 9.53 Å². The third-order valence-corrected chi connectivity index (χ3v) is 2.71. The van der Waals surface area contributed by atoms with E-state index in [1.165, 1.54) is 12.0 Å². The Morgan fingerprint density at radius 3 is 2.74 bits per heavy atom. The molecule has 0 saturated heterocycles. The number of hydrogen-bond acceptors (Lipinski definition) is 4. The molecule has 0 spiro atoms. The normalized spacial score (nSPS) is 10.0. The first-order valence-corrected chi connectivity index (χ1v) is 5.75. The summed E-state index contributed by atoms with van der Waals surface area (Å²) in [5.41, 5.74) is 6.69. The quantitative estimate of drug-likeness (QED) is 0.853. The number of aromatic nitrogens is 1. The number of anilines is 2. The zero-order valence-electron chi connectivity index (χ0n) is 10.8. The molecule has 0 unspecified atom stereocenters. The zero-order valence-corrected chi connectivity index (χ0v) is 10.8. The van der Waals surface area contributed by atoms with Gasteiger partial charge in [-0.3, -0.25) is 9.69 Å². The van der Waals surface area contributed by atoms with E-state index in [2.05, 4.69) is 4.98 Å². The molecule has 2 N–H and O–H groups in total. The number of carbonyl (C=O) groups excluding carboxylic acids is 1. The Bertz CT molecular complexity index is 584. The molecule has 2 rings (SSSR count). The lowest BCUT2D eigenvalue weighted by Gasteiger charge is -2.16. The Balaban J connectivity index is 2.31. The number of nitrogens with zero attached hydrogens (tertiary/aromatic N) is 2. The fourth-order valence-corrected chi connectivity index (χ4v) is 1.71. The lowest BCUT2D eigenvalue weighted by atomic mass is 10.1. The van der Waals surface area contributed by atoms with Gasteiger partial charge < -0.3 is 10.5 Å². The van der Waals surface area contributed by atoms with Crippen LogP contribution in [0.5, 0.6) is 5.75 Å². The van der Waals surface area contributed by atoms with Gasteiger partial charge in [0, 0.05) is 30.6 Å². The number of pyridine rings is 1. The van der Waals surface area contributed by atoms with Crippen molar-refractivity contribution in [3.8, 4) is 5.75 Å². The summed E-state index contributed by atoms with van der Waals surface area (Å²) in [6.45, 7) is 0. The van der Waals surface area contributed by atoms with Crippen LogP contribution in [0.1, 0.15) is 10.4 Å². The number of methoxy groups -OCH3 is 1. The second-order valence-corrected chi connectivity index (χ2v) is 4.05. The Kier molecular flexibility index (Phi) is 3.66. The van der Waals surface area contributed by atoms with Crippen LogP contribution in [0.25, 0.3) is 0 Å². The van der Waals surface area contributed by atoms with E-state index < -0.39 is 0 Å². The van der Waals surface area contributed by atoms with Gasteiger partial charge >= 0.3 is 0 Å². The van der Waals surface area contributed by atoms with E-state index in [0.29, 0.717) is 22.8 Å². The smallest absolute Gasteiger partial charge is 0.259 e. The van der Waals surface area contributed by atoms with Gasteiger partial charge in [0.1, 0.15) is 11.6 Å². The molecule has 0 saturated carbocycles. The number of ether oxygens (including phenoxy) is 1. The molecular formula is C14H15N3O2. The van der Waals surface area contributed by atoms with Gasteiger partial charge in [-0.05, 0) is 24.3 Å². The fraction of sp³-hybridized carbons (Fsp3) is 0.143. The van der Waals surface area contributed by atoms with E-state index in [4.69, 9.17) is 10.5 Å². The van der Waals surface area contributed by atoms with Crippen LogP contribution in [0, 0.1) is 0 Å². The summed E-state index contributed by atoms with van der Waals surface area (Å²) in [4.78, 5) is 17.9. The van der Waals surface area contributed by atoms with Crippen molar-refractivity contribution in [3.05, 3.63) is 48.2 Å². The number of rotatable bonds is 3. The molecule has 1 heterocycles. The SMILES string of the molecule is COc1cc(N)cc(C(=O)N(C)c2ccccn2)c1. The van der Waals surface area contributed by atoms with Crippen LogP contribution >= 0.6 is 0 Å². The molecule has 5 heteroatoms. The highest BCUT2D eigenvalue weighted by Crippen LogP contribution is 2.20. The first kappa shape index (κ1) is 12.9. The van der Waals surface area contributed by atoms with Crippen molar-refractivity contribution in [1.29, 1.82) is 0 Å². The summed E-state index contributed by atoms with van der Waals surface area (Å²) in [6, 6.07) is 10.3. The van der Waals surface area contributed by atoms with E-state index in [1.807, 2.05) is 6.07 Å². The number of nitrogens with two attached hydrogens (primary N) is 1. The molecule has 0 bridgehead atoms. The van der Waals surface area contributed by atoms with Crippen LogP contribution in [-0.2, 0) is 0 Å². The summed E-state index contributed by atoms with van der Waals surface area (Å²) >= 11 is 0. The predicted molar refractivity (Wildman–Crippen MR) is 74.4 cm³/mol. The minimum atomic E-state index is -0.190. The van der Waals surface area contributed by atoms with Gasteiger partial charge in [0.25, 0.3) is 5.91 Å². The molecule has 2 aromatic rings. The van der Waals surface area contributed by atoms with Crippen molar-refractivity contribution in [2.45, 2.75) is 0 Å². The third kappa shape index (κ3) is 2.82. The number of amides is 1. The maximum Gasteiger partial charge on any atom is 0.259 e. The molecule has 1 amide bonds. The zero-order chi connectivity index (χ0) is 13.8. The van der Waals surface area contributed by atoms with Crippen molar-refractivity contribution >= 4 is 17.4 Å². The Hall–Kier alpha value is -2.56. The van der Waals surface area contributed by atoms with Crippen LogP contribution in [0.4, 0.5) is 11.5 Å². The van der Waals surface area contributed by atoms with Gasteiger partial charge in [0.15, 0.2) is 0 Å². The molecule has 0 aliphatic heterocycles. The van der Waals surface area contributed by atoms with Crippen molar-refractivity contribution in [1.82, 2.24) is 4.98 Å². The topological polar surface area (TPSA) is 68.5 Å². The number of hydrogen-bond donors (Lipinski definition) is 1. The third-order valence-electron chi connectivity index (χ3n) is 2.71. The maximum absolute atomic E-state index is 12.3. The largest absolute Gasteiger partial charge is 0.497 e. The molecule has 1 aromatic heterocycles. The van der Waals surface area contributed by atoms with E-state index in [1.54, 1.807) is 43.6 Å². The average molecular weight is 257 g/mol. The number of benzene rings is 1. The minimum Gasteiger partial charge on any atom is -0.497 e. The molecule has 0 fully saturated rings. The second kappa shape index (κ2) is 5.39. The van der Waals surface area contributed by atoms with Gasteiger partial charge in [0.05, 0.1) is 7.11 Å². The van der Waals surface area contributed by atoms with Crippen LogP contribution < -0.4 is 15.4 Å². The lowest BCUT2D eigenvalue weighted by molar-refractivity contribution is 0.0992. The Morgan fingerprint density at radius 1 is 1.32 bits per heavy atom. The standard InChI is InChI=1S/C14H15N3O2/c1-17(13-5-3-4-6-16-13)14(18)10-7-11(15)9-12(8-10)19-2/h3-9H,15H2,1-2H3. The van der Waals surface area contributed by atoms with Gasteiger partial charge in [-0.25, -0.2) is 4.98 Å². The highest BCUT2D eigenvalue weighted by atomic mass is 16.5. The molecule has 98 valence electrons. The van der Waals surface area contributed by atoms with Gasteiger partial charge in [-0.1, -0.05) is 6.07 Å².